The van der Waals surface area contributed by atoms with Crippen molar-refractivity contribution < 1.29 is 19.2 Å². The Morgan fingerprint density at radius 3 is 2.89 bits per heavy atom. The average Bonchev–Trinajstić information content (AvgIpc) is 2.94. The fourth-order valence-corrected chi connectivity index (χ4v) is 1.32. The number of carboxylic acids is 1. The number of hydrogen-bond donors (Lipinski definition) is 2. The molecule has 0 unspecified atom stereocenters. The first-order valence-electron chi connectivity index (χ1n) is 5.02. The van der Waals surface area contributed by atoms with E-state index >= 15 is 0 Å². The van der Waals surface area contributed by atoms with Crippen molar-refractivity contribution in [2.75, 3.05) is 0 Å². The lowest BCUT2D eigenvalue weighted by Crippen LogP contribution is -2.22. The molecule has 0 radical (unpaired) electrons. The molecular weight excluding hydrogens is 240 g/mol. The van der Waals surface area contributed by atoms with E-state index in [4.69, 9.17) is 5.11 Å². The Morgan fingerprint density at radius 2 is 2.33 bits per heavy atom. The van der Waals surface area contributed by atoms with Gasteiger partial charge in [0.05, 0.1) is 6.20 Å². The molecule has 0 aliphatic carbocycles. The van der Waals surface area contributed by atoms with Crippen LogP contribution < -0.4 is 5.32 Å². The van der Waals surface area contributed by atoms with Gasteiger partial charge >= 0.3 is 5.97 Å². The van der Waals surface area contributed by atoms with Gasteiger partial charge in [0, 0.05) is 31.4 Å². The summed E-state index contributed by atoms with van der Waals surface area (Å²) >= 11 is 0. The summed E-state index contributed by atoms with van der Waals surface area (Å²) in [5.41, 5.74) is 0.754. The Labute approximate surface area is 101 Å². The second-order valence-corrected chi connectivity index (χ2v) is 3.59. The molecule has 1 amide bonds. The van der Waals surface area contributed by atoms with Gasteiger partial charge < -0.3 is 14.9 Å². The molecule has 94 valence electrons. The van der Waals surface area contributed by atoms with Crippen LogP contribution in [0.3, 0.4) is 0 Å². The minimum absolute atomic E-state index is 0.0729. The first-order chi connectivity index (χ1) is 8.56. The number of hydrogen-bond acceptors (Lipinski definition) is 5. The molecule has 0 saturated heterocycles. The van der Waals surface area contributed by atoms with Gasteiger partial charge in [-0.15, -0.1) is 0 Å². The summed E-state index contributed by atoms with van der Waals surface area (Å²) < 4.78 is 6.09. The van der Waals surface area contributed by atoms with Gasteiger partial charge in [-0.25, -0.2) is 4.79 Å². The number of nitrogens with one attached hydrogen (secondary N) is 1. The zero-order chi connectivity index (χ0) is 13.1. The van der Waals surface area contributed by atoms with Crippen molar-refractivity contribution in [1.82, 2.24) is 20.3 Å². The van der Waals surface area contributed by atoms with Crippen molar-refractivity contribution in [3.63, 3.8) is 0 Å². The number of amides is 1. The molecule has 0 aliphatic heterocycles. The minimum atomic E-state index is -1.27. The molecule has 0 aromatic carbocycles. The van der Waals surface area contributed by atoms with Crippen LogP contribution in [0.5, 0.6) is 0 Å². The molecule has 2 N–H and O–H groups in total. The van der Waals surface area contributed by atoms with Gasteiger partial charge in [0.15, 0.2) is 5.69 Å². The maximum absolute atomic E-state index is 11.6. The van der Waals surface area contributed by atoms with Crippen molar-refractivity contribution in [2.45, 2.75) is 6.54 Å². The maximum atomic E-state index is 11.6. The molecular formula is C10H10N4O4. The van der Waals surface area contributed by atoms with Crippen LogP contribution in [0.4, 0.5) is 0 Å². The van der Waals surface area contributed by atoms with Crippen molar-refractivity contribution >= 4 is 11.9 Å². The predicted octanol–water partition coefficient (Wildman–Crippen LogP) is 0.0363. The van der Waals surface area contributed by atoms with Gasteiger partial charge in [0.25, 0.3) is 5.91 Å². The zero-order valence-corrected chi connectivity index (χ0v) is 9.45. The van der Waals surface area contributed by atoms with E-state index in [1.165, 1.54) is 0 Å². The standard InChI is InChI=1S/C10H10N4O4/c1-14-5-6(4-12-14)3-11-9(15)7-2-8(10(16)17)18-13-7/h2,4-5H,3H2,1H3,(H,11,15)(H,16,17). The zero-order valence-electron chi connectivity index (χ0n) is 9.45. The van der Waals surface area contributed by atoms with Gasteiger partial charge in [-0.05, 0) is 0 Å². The molecule has 2 aromatic heterocycles. The number of carbonyl (C=O) groups is 2. The fourth-order valence-electron chi connectivity index (χ4n) is 1.32. The van der Waals surface area contributed by atoms with Crippen molar-refractivity contribution in [2.24, 2.45) is 7.05 Å². The lowest BCUT2D eigenvalue weighted by molar-refractivity contribution is 0.0651. The van der Waals surface area contributed by atoms with Gasteiger partial charge in [0.2, 0.25) is 5.76 Å². The molecule has 0 saturated carbocycles. The molecule has 0 aliphatic rings. The highest BCUT2D eigenvalue weighted by Gasteiger charge is 2.16. The Kier molecular flexibility index (Phi) is 3.09. The molecule has 0 atom stereocenters. The van der Waals surface area contributed by atoms with E-state index in [1.54, 1.807) is 24.1 Å². The van der Waals surface area contributed by atoms with Crippen LogP contribution in [0.25, 0.3) is 0 Å². The first-order valence-corrected chi connectivity index (χ1v) is 5.02. The molecule has 2 rings (SSSR count). The largest absolute Gasteiger partial charge is 0.475 e. The summed E-state index contributed by atoms with van der Waals surface area (Å²) in [5.74, 6) is -2.15. The van der Waals surface area contributed by atoms with E-state index in [0.29, 0.717) is 0 Å². The number of carbonyl (C=O) groups excluding carboxylic acids is 1. The number of rotatable bonds is 4. The fraction of sp³-hybridized carbons (Fsp3) is 0.200. The number of aromatic carboxylic acids is 1. The molecule has 0 bridgehead atoms. The molecule has 2 heterocycles. The number of carboxylic acid groups (broad SMARTS) is 1. The van der Waals surface area contributed by atoms with Crippen LogP contribution in [0.2, 0.25) is 0 Å². The minimum Gasteiger partial charge on any atom is -0.475 e. The lowest BCUT2D eigenvalue weighted by Gasteiger charge is -1.98. The summed E-state index contributed by atoms with van der Waals surface area (Å²) in [7, 11) is 1.77. The molecule has 0 spiro atoms. The maximum Gasteiger partial charge on any atom is 0.374 e. The topological polar surface area (TPSA) is 110 Å². The molecule has 8 heteroatoms. The Balaban J connectivity index is 1.97. The van der Waals surface area contributed by atoms with E-state index < -0.39 is 11.9 Å². The number of aryl methyl sites for hydroxylation is 1. The van der Waals surface area contributed by atoms with E-state index in [9.17, 15) is 9.59 Å². The first kappa shape index (κ1) is 11.8. The number of aromatic nitrogens is 3. The summed E-state index contributed by atoms with van der Waals surface area (Å²) in [6.07, 6.45) is 3.37. The van der Waals surface area contributed by atoms with Crippen molar-refractivity contribution in [1.29, 1.82) is 0 Å². The smallest absolute Gasteiger partial charge is 0.374 e. The van der Waals surface area contributed by atoms with Gasteiger partial charge in [0.1, 0.15) is 0 Å². The summed E-state index contributed by atoms with van der Waals surface area (Å²) in [6.45, 7) is 0.280. The Morgan fingerprint density at radius 1 is 1.56 bits per heavy atom. The summed E-state index contributed by atoms with van der Waals surface area (Å²) in [5, 5.41) is 18.5. The second-order valence-electron chi connectivity index (χ2n) is 3.59. The monoisotopic (exact) mass is 250 g/mol. The third-order valence-electron chi connectivity index (χ3n) is 2.16. The van der Waals surface area contributed by atoms with Crippen LogP contribution in [-0.4, -0.2) is 31.9 Å². The molecule has 2 aromatic rings. The van der Waals surface area contributed by atoms with Crippen LogP contribution in [0, 0.1) is 0 Å². The van der Waals surface area contributed by atoms with Crippen LogP contribution >= 0.6 is 0 Å². The molecule has 0 fully saturated rings. The highest BCUT2D eigenvalue weighted by molar-refractivity contribution is 5.94. The predicted molar refractivity (Wildman–Crippen MR) is 57.8 cm³/mol. The average molecular weight is 250 g/mol. The highest BCUT2D eigenvalue weighted by atomic mass is 16.5. The third kappa shape index (κ3) is 2.54. The van der Waals surface area contributed by atoms with Crippen LogP contribution in [0.1, 0.15) is 26.6 Å². The second kappa shape index (κ2) is 4.70. The van der Waals surface area contributed by atoms with E-state index in [1.807, 2.05) is 0 Å². The summed E-state index contributed by atoms with van der Waals surface area (Å²) in [4.78, 5) is 22.1. The Bertz CT molecular complexity index is 586. The third-order valence-corrected chi connectivity index (χ3v) is 2.16. The van der Waals surface area contributed by atoms with Crippen LogP contribution in [0.15, 0.2) is 23.0 Å². The van der Waals surface area contributed by atoms with E-state index in [2.05, 4.69) is 20.1 Å². The SMILES string of the molecule is Cn1cc(CNC(=O)c2cc(C(=O)O)on2)cn1. The van der Waals surface area contributed by atoms with E-state index in [-0.39, 0.29) is 18.0 Å². The van der Waals surface area contributed by atoms with Crippen molar-refractivity contribution in [3.05, 3.63) is 35.5 Å². The molecule has 18 heavy (non-hydrogen) atoms. The highest BCUT2D eigenvalue weighted by Crippen LogP contribution is 2.04. The summed E-state index contributed by atoms with van der Waals surface area (Å²) in [6, 6.07) is 1.07. The van der Waals surface area contributed by atoms with Gasteiger partial charge in [-0.2, -0.15) is 5.10 Å². The number of nitrogens with zero attached hydrogens (tertiary/aromatic N) is 3. The quantitative estimate of drug-likeness (QED) is 0.792. The molecule has 8 nitrogen and oxygen atoms in total. The normalized spacial score (nSPS) is 10.3. The van der Waals surface area contributed by atoms with Gasteiger partial charge in [-0.3, -0.25) is 9.48 Å². The lowest BCUT2D eigenvalue weighted by atomic mass is 10.3. The van der Waals surface area contributed by atoms with Crippen molar-refractivity contribution in [3.8, 4) is 0 Å². The Hall–Kier alpha value is -2.64. The van der Waals surface area contributed by atoms with E-state index in [0.717, 1.165) is 11.6 Å². The van der Waals surface area contributed by atoms with Crippen LogP contribution in [-0.2, 0) is 13.6 Å². The van der Waals surface area contributed by atoms with Gasteiger partial charge in [-0.1, -0.05) is 5.16 Å².